The molecule has 0 spiro atoms. The van der Waals surface area contributed by atoms with Gasteiger partial charge in [0.2, 0.25) is 0 Å². The van der Waals surface area contributed by atoms with E-state index in [0.717, 1.165) is 41.7 Å². The van der Waals surface area contributed by atoms with Gasteiger partial charge in [0, 0.05) is 23.1 Å². The lowest BCUT2D eigenvalue weighted by Crippen LogP contribution is -2.46. The van der Waals surface area contributed by atoms with Gasteiger partial charge in [0.15, 0.2) is 0 Å². The number of fused-ring (bicyclic) bond motifs is 1. The van der Waals surface area contributed by atoms with Gasteiger partial charge in [-0.3, -0.25) is 9.52 Å². The van der Waals surface area contributed by atoms with Gasteiger partial charge in [-0.1, -0.05) is 24.9 Å². The van der Waals surface area contributed by atoms with Crippen molar-refractivity contribution in [3.63, 3.8) is 0 Å². The summed E-state index contributed by atoms with van der Waals surface area (Å²) in [5.74, 6) is 3.02. The SMILES string of the molecule is CCSNC1CCc2ccc(C)c(=O)n2C1COC1CCC(C2CC2)CC1. The number of hydrogen-bond donors (Lipinski definition) is 1. The predicted molar refractivity (Wildman–Crippen MR) is 112 cm³/mol. The van der Waals surface area contributed by atoms with E-state index in [1.54, 1.807) is 11.9 Å². The molecule has 2 heterocycles. The lowest BCUT2D eigenvalue weighted by atomic mass is 9.84. The maximum Gasteiger partial charge on any atom is 0.254 e. The highest BCUT2D eigenvalue weighted by Gasteiger charge is 2.35. The van der Waals surface area contributed by atoms with E-state index in [2.05, 4.69) is 17.7 Å². The largest absolute Gasteiger partial charge is 0.376 e. The summed E-state index contributed by atoms with van der Waals surface area (Å²) >= 11 is 1.75. The highest BCUT2D eigenvalue weighted by molar-refractivity contribution is 7.97. The molecule has 4 nitrogen and oxygen atoms in total. The van der Waals surface area contributed by atoms with Gasteiger partial charge in [-0.05, 0) is 76.2 Å². The molecule has 2 unspecified atom stereocenters. The zero-order valence-electron chi connectivity index (χ0n) is 16.8. The second-order valence-electron chi connectivity index (χ2n) is 8.65. The predicted octanol–water partition coefficient (Wildman–Crippen LogP) is 4.26. The van der Waals surface area contributed by atoms with Gasteiger partial charge >= 0.3 is 0 Å². The summed E-state index contributed by atoms with van der Waals surface area (Å²) in [6, 6.07) is 4.50. The van der Waals surface area contributed by atoms with E-state index < -0.39 is 0 Å². The van der Waals surface area contributed by atoms with E-state index in [9.17, 15) is 4.79 Å². The van der Waals surface area contributed by atoms with Crippen LogP contribution in [0.25, 0.3) is 0 Å². The lowest BCUT2D eigenvalue weighted by Gasteiger charge is -2.37. The zero-order valence-corrected chi connectivity index (χ0v) is 17.6. The van der Waals surface area contributed by atoms with Gasteiger partial charge in [0.25, 0.3) is 5.56 Å². The molecule has 2 aliphatic carbocycles. The van der Waals surface area contributed by atoms with Gasteiger partial charge in [0.1, 0.15) is 0 Å². The monoisotopic (exact) mass is 390 g/mol. The fraction of sp³-hybridized carbons (Fsp3) is 0.773. The minimum atomic E-state index is 0.0985. The van der Waals surface area contributed by atoms with Crippen LogP contribution in [-0.2, 0) is 11.2 Å². The molecule has 150 valence electrons. The van der Waals surface area contributed by atoms with Crippen LogP contribution in [0.3, 0.4) is 0 Å². The van der Waals surface area contributed by atoms with Crippen molar-refractivity contribution in [2.75, 3.05) is 12.4 Å². The van der Waals surface area contributed by atoms with Crippen molar-refractivity contribution in [3.8, 4) is 0 Å². The molecule has 1 aromatic heterocycles. The number of aryl methyl sites for hydroxylation is 2. The quantitative estimate of drug-likeness (QED) is 0.707. The molecule has 1 aromatic rings. The molecule has 0 saturated heterocycles. The zero-order chi connectivity index (χ0) is 18.8. The average molecular weight is 391 g/mol. The Bertz CT molecular complexity index is 692. The molecule has 1 N–H and O–H groups in total. The van der Waals surface area contributed by atoms with Crippen molar-refractivity contribution in [1.29, 1.82) is 0 Å². The highest BCUT2D eigenvalue weighted by atomic mass is 32.2. The van der Waals surface area contributed by atoms with E-state index in [4.69, 9.17) is 4.74 Å². The Hall–Kier alpha value is -0.780. The van der Waals surface area contributed by atoms with Crippen molar-refractivity contribution < 1.29 is 4.74 Å². The van der Waals surface area contributed by atoms with Crippen molar-refractivity contribution in [2.45, 2.75) is 83.4 Å². The fourth-order valence-corrected chi connectivity index (χ4v) is 5.64. The third kappa shape index (κ3) is 4.46. The Morgan fingerprint density at radius 3 is 2.48 bits per heavy atom. The number of pyridine rings is 1. The minimum Gasteiger partial charge on any atom is -0.376 e. The molecule has 2 fully saturated rings. The topological polar surface area (TPSA) is 43.3 Å². The second kappa shape index (κ2) is 8.71. The van der Waals surface area contributed by atoms with Crippen molar-refractivity contribution in [1.82, 2.24) is 9.29 Å². The number of hydrogen-bond acceptors (Lipinski definition) is 4. The summed E-state index contributed by atoms with van der Waals surface area (Å²) in [6.07, 6.45) is 10.4. The summed E-state index contributed by atoms with van der Waals surface area (Å²) < 4.78 is 12.1. The van der Waals surface area contributed by atoms with Crippen LogP contribution in [0.4, 0.5) is 0 Å². The average Bonchev–Trinajstić information content (AvgIpc) is 3.53. The molecule has 27 heavy (non-hydrogen) atoms. The molecule has 0 radical (unpaired) electrons. The van der Waals surface area contributed by atoms with Crippen LogP contribution < -0.4 is 10.3 Å². The van der Waals surface area contributed by atoms with Gasteiger partial charge in [0.05, 0.1) is 18.8 Å². The Morgan fingerprint density at radius 1 is 1.11 bits per heavy atom. The first-order chi connectivity index (χ1) is 13.2. The smallest absolute Gasteiger partial charge is 0.254 e. The summed E-state index contributed by atoms with van der Waals surface area (Å²) in [4.78, 5) is 12.9. The molecular weight excluding hydrogens is 356 g/mol. The number of rotatable bonds is 7. The van der Waals surface area contributed by atoms with E-state index in [0.29, 0.717) is 18.8 Å². The molecule has 5 heteroatoms. The molecule has 0 bridgehead atoms. The van der Waals surface area contributed by atoms with Gasteiger partial charge < -0.3 is 9.30 Å². The molecular formula is C22H34N2O2S. The van der Waals surface area contributed by atoms with Crippen molar-refractivity contribution in [2.24, 2.45) is 11.8 Å². The Kier molecular flexibility index (Phi) is 6.30. The summed E-state index contributed by atoms with van der Waals surface area (Å²) in [6.45, 7) is 4.73. The molecule has 0 aromatic carbocycles. The van der Waals surface area contributed by atoms with E-state index in [1.165, 1.54) is 38.5 Å². The summed E-state index contributed by atoms with van der Waals surface area (Å²) in [5, 5.41) is 0. The van der Waals surface area contributed by atoms with Crippen LogP contribution in [0.5, 0.6) is 0 Å². The van der Waals surface area contributed by atoms with Crippen LogP contribution >= 0.6 is 11.9 Å². The first-order valence-corrected chi connectivity index (χ1v) is 11.9. The Labute approximate surface area is 167 Å². The second-order valence-corrected chi connectivity index (χ2v) is 9.76. The number of aromatic nitrogens is 1. The lowest BCUT2D eigenvalue weighted by molar-refractivity contribution is -0.00823. The molecule has 0 amide bonds. The number of nitrogens with one attached hydrogen (secondary N) is 1. The Morgan fingerprint density at radius 2 is 1.81 bits per heavy atom. The van der Waals surface area contributed by atoms with Crippen molar-refractivity contribution in [3.05, 3.63) is 33.7 Å². The first kappa shape index (κ1) is 19.5. The van der Waals surface area contributed by atoms with Gasteiger partial charge in [-0.25, -0.2) is 0 Å². The van der Waals surface area contributed by atoms with Crippen molar-refractivity contribution >= 4 is 11.9 Å². The van der Waals surface area contributed by atoms with Crippen LogP contribution in [0.15, 0.2) is 16.9 Å². The summed E-state index contributed by atoms with van der Waals surface area (Å²) in [5.41, 5.74) is 2.15. The van der Waals surface area contributed by atoms with Gasteiger partial charge in [-0.15, -0.1) is 0 Å². The minimum absolute atomic E-state index is 0.0985. The molecule has 1 aliphatic heterocycles. The molecule has 4 rings (SSSR count). The standard InChI is InChI=1S/C22H34N2O2S/c1-3-27-23-20-13-10-18-9-4-15(2)22(25)24(18)21(20)14-26-19-11-7-17(8-12-19)16-5-6-16/h4,9,16-17,19-21,23H,3,5-8,10-14H2,1-2H3. The number of ether oxygens (including phenoxy) is 1. The van der Waals surface area contributed by atoms with Crippen LogP contribution in [0, 0.1) is 18.8 Å². The maximum atomic E-state index is 12.9. The highest BCUT2D eigenvalue weighted by Crippen LogP contribution is 2.44. The Balaban J connectivity index is 1.44. The molecule has 2 saturated carbocycles. The maximum absolute atomic E-state index is 12.9. The molecule has 2 atom stereocenters. The number of nitrogens with zero attached hydrogens (tertiary/aromatic N) is 1. The third-order valence-electron chi connectivity index (χ3n) is 6.79. The first-order valence-electron chi connectivity index (χ1n) is 10.9. The van der Waals surface area contributed by atoms with E-state index >= 15 is 0 Å². The summed E-state index contributed by atoms with van der Waals surface area (Å²) in [7, 11) is 0. The third-order valence-corrected chi connectivity index (χ3v) is 7.55. The van der Waals surface area contributed by atoms with E-state index in [-0.39, 0.29) is 11.6 Å². The van der Waals surface area contributed by atoms with Crippen LogP contribution in [0.2, 0.25) is 0 Å². The van der Waals surface area contributed by atoms with Gasteiger partial charge in [-0.2, -0.15) is 0 Å². The van der Waals surface area contributed by atoms with Crippen LogP contribution in [-0.4, -0.2) is 29.1 Å². The van der Waals surface area contributed by atoms with E-state index in [1.807, 2.05) is 17.6 Å². The normalized spacial score (nSPS) is 30.9. The fourth-order valence-electron chi connectivity index (χ4n) is 4.98. The molecule has 3 aliphatic rings. The van der Waals surface area contributed by atoms with Crippen LogP contribution in [0.1, 0.15) is 69.2 Å².